The minimum absolute atomic E-state index is 0.219. The fraction of sp³-hybridized carbons (Fsp3) is 0.120. The van der Waals surface area contributed by atoms with E-state index >= 15 is 0 Å². The highest BCUT2D eigenvalue weighted by Gasteiger charge is 2.14. The van der Waals surface area contributed by atoms with Crippen LogP contribution in [0.4, 0.5) is 16.6 Å². The molecule has 0 saturated heterocycles. The molecule has 0 bridgehead atoms. The van der Waals surface area contributed by atoms with Gasteiger partial charge in [-0.05, 0) is 42.5 Å². The molecule has 0 atom stereocenters. The van der Waals surface area contributed by atoms with Crippen LogP contribution in [0.1, 0.15) is 10.4 Å². The molecule has 5 aromatic rings. The molecule has 0 unspecified atom stereocenters. The topological polar surface area (TPSA) is 107 Å². The third-order valence-corrected chi connectivity index (χ3v) is 6.28. The summed E-state index contributed by atoms with van der Waals surface area (Å²) >= 11 is 1.45. The Morgan fingerprint density at radius 2 is 1.71 bits per heavy atom. The molecule has 5 rings (SSSR count). The molecule has 9 nitrogen and oxygen atoms in total. The maximum absolute atomic E-state index is 12.7. The van der Waals surface area contributed by atoms with Gasteiger partial charge in [-0.3, -0.25) is 4.79 Å². The van der Waals surface area contributed by atoms with Gasteiger partial charge in [0.25, 0.3) is 5.91 Å². The van der Waals surface area contributed by atoms with Gasteiger partial charge in [0.1, 0.15) is 17.9 Å². The van der Waals surface area contributed by atoms with Gasteiger partial charge in [0.2, 0.25) is 0 Å². The quantitative estimate of drug-likeness (QED) is 0.320. The summed E-state index contributed by atoms with van der Waals surface area (Å²) in [5.41, 5.74) is 2.70. The number of carbonyl (C=O) groups excluding carboxylic acids is 1. The Labute approximate surface area is 204 Å². The molecule has 2 heterocycles. The maximum atomic E-state index is 12.7. The standard InChI is InChI=1S/C25H21N5O4S/c1-32-16-6-4-5-14(9-16)24(31)28-15-7-8-18-22(10-15)35-25(29-18)30-23-17-11-20(33-2)21(34-3)12-19(17)26-13-27-23/h4-13H,1-3H3,(H,28,31)(H,26,27,29,30). The van der Waals surface area contributed by atoms with Gasteiger partial charge < -0.3 is 24.8 Å². The molecule has 0 aliphatic rings. The van der Waals surface area contributed by atoms with Gasteiger partial charge in [-0.1, -0.05) is 17.4 Å². The molecule has 0 spiro atoms. The van der Waals surface area contributed by atoms with Crippen LogP contribution in [-0.4, -0.2) is 42.2 Å². The van der Waals surface area contributed by atoms with E-state index in [9.17, 15) is 4.79 Å². The molecule has 35 heavy (non-hydrogen) atoms. The largest absolute Gasteiger partial charge is 0.497 e. The van der Waals surface area contributed by atoms with Crippen LogP contribution < -0.4 is 24.8 Å². The lowest BCUT2D eigenvalue weighted by Gasteiger charge is -2.10. The molecule has 0 saturated carbocycles. The summed E-state index contributed by atoms with van der Waals surface area (Å²) in [4.78, 5) is 26.0. The number of rotatable bonds is 7. The van der Waals surface area contributed by atoms with Crippen molar-refractivity contribution in [1.29, 1.82) is 0 Å². The molecule has 0 fully saturated rings. The van der Waals surface area contributed by atoms with Gasteiger partial charge in [0.15, 0.2) is 16.6 Å². The first kappa shape index (κ1) is 22.4. The number of ether oxygens (including phenoxy) is 3. The van der Waals surface area contributed by atoms with E-state index in [4.69, 9.17) is 14.2 Å². The summed E-state index contributed by atoms with van der Waals surface area (Å²) in [7, 11) is 4.73. The fourth-order valence-corrected chi connectivity index (χ4v) is 4.51. The average molecular weight is 488 g/mol. The molecular formula is C25H21N5O4S. The van der Waals surface area contributed by atoms with E-state index in [1.807, 2.05) is 24.3 Å². The van der Waals surface area contributed by atoms with Crippen LogP contribution in [0.3, 0.4) is 0 Å². The number of benzene rings is 3. The van der Waals surface area contributed by atoms with Gasteiger partial charge in [-0.15, -0.1) is 0 Å². The molecular weight excluding hydrogens is 466 g/mol. The lowest BCUT2D eigenvalue weighted by Crippen LogP contribution is -2.11. The first-order chi connectivity index (χ1) is 17.1. The van der Waals surface area contributed by atoms with Crippen LogP contribution >= 0.6 is 11.3 Å². The van der Waals surface area contributed by atoms with Gasteiger partial charge in [0.05, 0.1) is 37.1 Å². The SMILES string of the molecule is COc1cccc(C(=O)Nc2ccc3nc(Nc4ncnc5cc(OC)c(OC)cc45)sc3c2)c1. The summed E-state index contributed by atoms with van der Waals surface area (Å²) < 4.78 is 16.9. The van der Waals surface area contributed by atoms with Crippen molar-refractivity contribution < 1.29 is 19.0 Å². The summed E-state index contributed by atoms with van der Waals surface area (Å²) in [6.45, 7) is 0. The summed E-state index contributed by atoms with van der Waals surface area (Å²) in [6, 6.07) is 16.2. The second-order valence-electron chi connectivity index (χ2n) is 7.46. The number of thiazole rings is 1. The Kier molecular flexibility index (Phi) is 6.02. The second-order valence-corrected chi connectivity index (χ2v) is 8.49. The number of hydrogen-bond acceptors (Lipinski definition) is 9. The number of fused-ring (bicyclic) bond motifs is 2. The van der Waals surface area contributed by atoms with E-state index in [0.29, 0.717) is 45.0 Å². The number of anilines is 3. The summed E-state index contributed by atoms with van der Waals surface area (Å²) in [5.74, 6) is 2.18. The highest BCUT2D eigenvalue weighted by Crippen LogP contribution is 2.36. The average Bonchev–Trinajstić information content (AvgIpc) is 3.29. The normalized spacial score (nSPS) is 10.8. The van der Waals surface area contributed by atoms with Crippen LogP contribution in [-0.2, 0) is 0 Å². The molecule has 2 N–H and O–H groups in total. The molecule has 10 heteroatoms. The Bertz CT molecular complexity index is 1550. The van der Waals surface area contributed by atoms with E-state index in [-0.39, 0.29) is 5.91 Å². The smallest absolute Gasteiger partial charge is 0.255 e. The molecule has 2 aromatic heterocycles. The minimum atomic E-state index is -0.219. The van der Waals surface area contributed by atoms with Crippen LogP contribution in [0, 0.1) is 0 Å². The Balaban J connectivity index is 1.41. The predicted molar refractivity (Wildman–Crippen MR) is 136 cm³/mol. The Morgan fingerprint density at radius 3 is 2.51 bits per heavy atom. The van der Waals surface area contributed by atoms with Crippen molar-refractivity contribution in [1.82, 2.24) is 15.0 Å². The van der Waals surface area contributed by atoms with Crippen molar-refractivity contribution in [3.05, 3.63) is 66.5 Å². The molecule has 1 amide bonds. The molecule has 0 aliphatic carbocycles. The third-order valence-electron chi connectivity index (χ3n) is 5.34. The molecule has 0 aliphatic heterocycles. The van der Waals surface area contributed by atoms with Gasteiger partial charge in [-0.25, -0.2) is 15.0 Å². The van der Waals surface area contributed by atoms with Crippen molar-refractivity contribution >= 4 is 55.0 Å². The van der Waals surface area contributed by atoms with Crippen molar-refractivity contribution in [3.63, 3.8) is 0 Å². The molecule has 176 valence electrons. The van der Waals surface area contributed by atoms with Crippen LogP contribution in [0.2, 0.25) is 0 Å². The number of nitrogens with zero attached hydrogens (tertiary/aromatic N) is 3. The van der Waals surface area contributed by atoms with E-state index < -0.39 is 0 Å². The van der Waals surface area contributed by atoms with Gasteiger partial charge in [-0.2, -0.15) is 0 Å². The first-order valence-electron chi connectivity index (χ1n) is 10.6. The van der Waals surface area contributed by atoms with Crippen LogP contribution in [0.5, 0.6) is 17.2 Å². The number of methoxy groups -OCH3 is 3. The number of aromatic nitrogens is 3. The lowest BCUT2D eigenvalue weighted by molar-refractivity contribution is 0.102. The zero-order valence-electron chi connectivity index (χ0n) is 19.2. The van der Waals surface area contributed by atoms with E-state index in [2.05, 4.69) is 25.6 Å². The van der Waals surface area contributed by atoms with E-state index in [1.165, 1.54) is 17.7 Å². The minimum Gasteiger partial charge on any atom is -0.497 e. The third kappa shape index (κ3) is 4.51. The number of nitrogens with one attached hydrogen (secondary N) is 2. The lowest BCUT2D eigenvalue weighted by atomic mass is 10.2. The Hall–Kier alpha value is -4.44. The van der Waals surface area contributed by atoms with Crippen LogP contribution in [0.15, 0.2) is 60.9 Å². The second kappa shape index (κ2) is 9.43. The summed E-state index contributed by atoms with van der Waals surface area (Å²) in [6.07, 6.45) is 1.48. The first-order valence-corrected chi connectivity index (χ1v) is 11.4. The number of carbonyl (C=O) groups is 1. The number of amides is 1. The fourth-order valence-electron chi connectivity index (χ4n) is 3.61. The highest BCUT2D eigenvalue weighted by atomic mass is 32.1. The molecule has 0 radical (unpaired) electrons. The molecule has 3 aromatic carbocycles. The van der Waals surface area contributed by atoms with Gasteiger partial charge in [0, 0.05) is 22.7 Å². The highest BCUT2D eigenvalue weighted by molar-refractivity contribution is 7.22. The van der Waals surface area contributed by atoms with Crippen molar-refractivity contribution in [2.45, 2.75) is 0 Å². The zero-order valence-corrected chi connectivity index (χ0v) is 20.0. The van der Waals surface area contributed by atoms with E-state index in [1.54, 1.807) is 51.7 Å². The van der Waals surface area contributed by atoms with Crippen molar-refractivity contribution in [2.75, 3.05) is 32.0 Å². The Morgan fingerprint density at radius 1 is 0.886 bits per heavy atom. The monoisotopic (exact) mass is 487 g/mol. The van der Waals surface area contributed by atoms with Gasteiger partial charge >= 0.3 is 0 Å². The summed E-state index contributed by atoms with van der Waals surface area (Å²) in [5, 5.41) is 7.64. The number of hydrogen-bond donors (Lipinski definition) is 2. The maximum Gasteiger partial charge on any atom is 0.255 e. The van der Waals surface area contributed by atoms with Crippen molar-refractivity contribution in [2.24, 2.45) is 0 Å². The zero-order chi connectivity index (χ0) is 24.4. The van der Waals surface area contributed by atoms with Crippen LogP contribution in [0.25, 0.3) is 21.1 Å². The van der Waals surface area contributed by atoms with E-state index in [0.717, 1.165) is 15.6 Å². The predicted octanol–water partition coefficient (Wildman–Crippen LogP) is 5.26. The van der Waals surface area contributed by atoms with Crippen molar-refractivity contribution in [3.8, 4) is 17.2 Å².